The largest absolute Gasteiger partial charge is 0.369 e. The molecule has 2 amide bonds. The van der Waals surface area contributed by atoms with Gasteiger partial charge in [-0.3, -0.25) is 14.5 Å². The quantitative estimate of drug-likeness (QED) is 0.653. The number of likely N-dealkylation sites (N-methyl/N-ethyl adjacent to an activating group) is 2. The van der Waals surface area contributed by atoms with E-state index in [-0.39, 0.29) is 18.4 Å². The molecule has 0 aromatic rings. The molecule has 0 heterocycles. The summed E-state index contributed by atoms with van der Waals surface area (Å²) < 4.78 is 0. The number of hydrogen-bond donors (Lipinski definition) is 2. The number of hydrogen-bond acceptors (Lipinski definition) is 4. The number of primary amides is 1. The Hall–Kier alpha value is -1.14. The Bertz CT molecular complexity index is 226. The summed E-state index contributed by atoms with van der Waals surface area (Å²) in [5.41, 5.74) is 10.1. The molecule has 0 unspecified atom stereocenters. The van der Waals surface area contributed by atoms with E-state index in [1.54, 1.807) is 4.90 Å². The Morgan fingerprint density at radius 2 is 1.39 bits per heavy atom. The van der Waals surface area contributed by atoms with Crippen molar-refractivity contribution in [3.8, 4) is 0 Å². The summed E-state index contributed by atoms with van der Waals surface area (Å²) in [4.78, 5) is 24.8. The first-order valence-electron chi connectivity index (χ1n) is 6.45. The van der Waals surface area contributed by atoms with Gasteiger partial charge in [-0.1, -0.05) is 13.8 Å². The molecule has 0 aliphatic carbocycles. The van der Waals surface area contributed by atoms with E-state index >= 15 is 0 Å². The molecule has 18 heavy (non-hydrogen) atoms. The Labute approximate surface area is 110 Å². The number of carbonyl (C=O) groups excluding carboxylic acids is 2. The minimum Gasteiger partial charge on any atom is -0.369 e. The minimum absolute atomic E-state index is 0.0278. The Morgan fingerprint density at radius 3 is 1.50 bits per heavy atom. The summed E-state index contributed by atoms with van der Waals surface area (Å²) in [7, 11) is 0. The van der Waals surface area contributed by atoms with E-state index in [2.05, 4.69) is 0 Å². The van der Waals surface area contributed by atoms with Crippen LogP contribution in [0.15, 0.2) is 0 Å². The van der Waals surface area contributed by atoms with E-state index in [1.807, 2.05) is 32.6 Å². The van der Waals surface area contributed by atoms with E-state index in [0.29, 0.717) is 6.54 Å². The number of nitrogens with two attached hydrogens (primary N) is 2. The summed E-state index contributed by atoms with van der Waals surface area (Å²) in [5.74, 6) is -0.223. The smallest absolute Gasteiger partial charge is 0.236 e. The summed E-state index contributed by atoms with van der Waals surface area (Å²) in [6.45, 7) is 11.7. The second-order valence-electron chi connectivity index (χ2n) is 3.70. The molecule has 0 saturated heterocycles. The zero-order chi connectivity index (χ0) is 14.6. The molecule has 0 radical (unpaired) electrons. The first-order valence-corrected chi connectivity index (χ1v) is 6.45. The summed E-state index contributed by atoms with van der Waals surface area (Å²) in [6, 6.07) is 0. The Balaban J connectivity index is 0. The lowest BCUT2D eigenvalue weighted by atomic mass is 10.4. The maximum atomic E-state index is 10.8. The van der Waals surface area contributed by atoms with Crippen LogP contribution in [-0.2, 0) is 9.59 Å². The van der Waals surface area contributed by atoms with Gasteiger partial charge in [0.2, 0.25) is 11.8 Å². The average molecular weight is 260 g/mol. The molecule has 0 aromatic heterocycles. The highest BCUT2D eigenvalue weighted by molar-refractivity contribution is 5.77. The molecule has 0 fully saturated rings. The average Bonchev–Trinajstić information content (AvgIpc) is 2.37. The third-order valence-corrected chi connectivity index (χ3v) is 2.56. The van der Waals surface area contributed by atoms with Crippen LogP contribution in [0.1, 0.15) is 27.7 Å². The van der Waals surface area contributed by atoms with E-state index < -0.39 is 0 Å². The molecule has 108 valence electrons. The van der Waals surface area contributed by atoms with Crippen molar-refractivity contribution in [1.82, 2.24) is 9.80 Å². The van der Waals surface area contributed by atoms with Crippen LogP contribution < -0.4 is 11.5 Å². The van der Waals surface area contributed by atoms with Crippen molar-refractivity contribution in [2.75, 3.05) is 39.3 Å². The van der Waals surface area contributed by atoms with Crippen LogP contribution in [0.2, 0.25) is 0 Å². The van der Waals surface area contributed by atoms with E-state index in [9.17, 15) is 9.59 Å². The Kier molecular flexibility index (Phi) is 13.1. The first-order chi connectivity index (χ1) is 8.46. The van der Waals surface area contributed by atoms with E-state index in [1.165, 1.54) is 0 Å². The SMILES string of the molecule is CCN(CC)C(=O)CN.CCN(CC)CC(N)=O. The van der Waals surface area contributed by atoms with Gasteiger partial charge in [0.25, 0.3) is 0 Å². The van der Waals surface area contributed by atoms with Gasteiger partial charge in [-0.05, 0) is 26.9 Å². The predicted octanol–water partition coefficient (Wildman–Crippen LogP) is -0.373. The highest BCUT2D eigenvalue weighted by Crippen LogP contribution is 1.85. The van der Waals surface area contributed by atoms with Crippen LogP contribution in [0.4, 0.5) is 0 Å². The van der Waals surface area contributed by atoms with Crippen molar-refractivity contribution in [3.05, 3.63) is 0 Å². The molecule has 0 saturated carbocycles. The molecule has 0 atom stereocenters. The van der Waals surface area contributed by atoms with Crippen LogP contribution in [0.25, 0.3) is 0 Å². The maximum Gasteiger partial charge on any atom is 0.236 e. The monoisotopic (exact) mass is 260 g/mol. The fourth-order valence-electron chi connectivity index (χ4n) is 1.37. The zero-order valence-corrected chi connectivity index (χ0v) is 12.1. The molecular weight excluding hydrogens is 232 g/mol. The normalized spacial score (nSPS) is 9.67. The maximum absolute atomic E-state index is 10.8. The first kappa shape index (κ1) is 19.2. The van der Waals surface area contributed by atoms with Crippen molar-refractivity contribution < 1.29 is 9.59 Å². The molecule has 6 nitrogen and oxygen atoms in total. The van der Waals surface area contributed by atoms with E-state index in [4.69, 9.17) is 11.5 Å². The van der Waals surface area contributed by atoms with Crippen molar-refractivity contribution in [1.29, 1.82) is 0 Å². The van der Waals surface area contributed by atoms with Crippen molar-refractivity contribution in [2.45, 2.75) is 27.7 Å². The number of amides is 2. The van der Waals surface area contributed by atoms with Crippen LogP contribution in [0.3, 0.4) is 0 Å². The van der Waals surface area contributed by atoms with Gasteiger partial charge in [-0.15, -0.1) is 0 Å². The molecule has 0 rings (SSSR count). The molecule has 0 aromatic carbocycles. The molecule has 4 N–H and O–H groups in total. The third kappa shape index (κ3) is 10.0. The molecule has 6 heteroatoms. The molecule has 0 aliphatic heterocycles. The second kappa shape index (κ2) is 12.3. The summed E-state index contributed by atoms with van der Waals surface area (Å²) in [5, 5.41) is 0. The molecule has 0 aliphatic rings. The number of nitrogens with zero attached hydrogens (tertiary/aromatic N) is 2. The second-order valence-corrected chi connectivity index (χ2v) is 3.70. The highest BCUT2D eigenvalue weighted by Gasteiger charge is 2.04. The van der Waals surface area contributed by atoms with Crippen molar-refractivity contribution in [2.24, 2.45) is 11.5 Å². The van der Waals surface area contributed by atoms with E-state index in [0.717, 1.165) is 26.2 Å². The predicted molar refractivity (Wildman–Crippen MR) is 74.0 cm³/mol. The van der Waals surface area contributed by atoms with Gasteiger partial charge in [-0.2, -0.15) is 0 Å². The molecule has 0 spiro atoms. The minimum atomic E-state index is -0.251. The fourth-order valence-corrected chi connectivity index (χ4v) is 1.37. The zero-order valence-electron chi connectivity index (χ0n) is 12.1. The van der Waals surface area contributed by atoms with Gasteiger partial charge in [0.05, 0.1) is 13.1 Å². The van der Waals surface area contributed by atoms with Crippen molar-refractivity contribution >= 4 is 11.8 Å². The van der Waals surface area contributed by atoms with Crippen LogP contribution >= 0.6 is 0 Å². The lowest BCUT2D eigenvalue weighted by Crippen LogP contribution is -2.35. The summed E-state index contributed by atoms with van der Waals surface area (Å²) in [6.07, 6.45) is 0. The van der Waals surface area contributed by atoms with Gasteiger partial charge in [-0.25, -0.2) is 0 Å². The van der Waals surface area contributed by atoms with Crippen LogP contribution in [0, 0.1) is 0 Å². The van der Waals surface area contributed by atoms with Crippen LogP contribution in [-0.4, -0.2) is 60.9 Å². The topological polar surface area (TPSA) is 92.7 Å². The number of carbonyl (C=O) groups is 2. The fraction of sp³-hybridized carbons (Fsp3) is 0.833. The van der Waals surface area contributed by atoms with Gasteiger partial charge in [0.15, 0.2) is 0 Å². The molecular formula is C12H28N4O2. The summed E-state index contributed by atoms with van der Waals surface area (Å²) >= 11 is 0. The molecule has 0 bridgehead atoms. The van der Waals surface area contributed by atoms with Crippen LogP contribution in [0.5, 0.6) is 0 Å². The number of rotatable bonds is 7. The Morgan fingerprint density at radius 1 is 0.944 bits per heavy atom. The standard InChI is InChI=1S/2C6H14N2O/c1-3-8(4-2)5-6(7)9;1-3-8(4-2)6(9)5-7/h3-5H2,1-2H3,(H2,7,9);3-5,7H2,1-2H3. The highest BCUT2D eigenvalue weighted by atomic mass is 16.2. The third-order valence-electron chi connectivity index (χ3n) is 2.56. The van der Waals surface area contributed by atoms with Gasteiger partial charge in [0, 0.05) is 13.1 Å². The van der Waals surface area contributed by atoms with Crippen molar-refractivity contribution in [3.63, 3.8) is 0 Å². The van der Waals surface area contributed by atoms with Gasteiger partial charge >= 0.3 is 0 Å². The van der Waals surface area contributed by atoms with Gasteiger partial charge < -0.3 is 16.4 Å². The lowest BCUT2D eigenvalue weighted by molar-refractivity contribution is -0.129. The lowest BCUT2D eigenvalue weighted by Gasteiger charge is -2.16. The van der Waals surface area contributed by atoms with Gasteiger partial charge in [0.1, 0.15) is 0 Å².